The van der Waals surface area contributed by atoms with Crippen LogP contribution in [0.4, 0.5) is 0 Å². The quantitative estimate of drug-likeness (QED) is 0.735. The number of nitrogens with zero attached hydrogens (tertiary/aromatic N) is 3. The van der Waals surface area contributed by atoms with Gasteiger partial charge in [0.05, 0.1) is 5.69 Å². The molecule has 0 atom stereocenters. The lowest BCUT2D eigenvalue weighted by atomic mass is 10.2. The average Bonchev–Trinajstić information content (AvgIpc) is 2.48. The standard InChI is InChI=1S/C17H17N3O/c1-19(12-14-7-3-2-4-8-14)13-15-11-17(21)20-10-6-5-9-16(20)18-15/h2-11H,12-13H2,1H3. The van der Waals surface area contributed by atoms with Gasteiger partial charge in [0.15, 0.2) is 0 Å². The molecule has 4 heteroatoms. The van der Waals surface area contributed by atoms with E-state index >= 15 is 0 Å². The number of aromatic nitrogens is 2. The van der Waals surface area contributed by atoms with E-state index in [9.17, 15) is 4.79 Å². The Bertz CT molecular complexity index is 796. The second kappa shape index (κ2) is 5.89. The Hall–Kier alpha value is -2.46. The minimum atomic E-state index is -0.0382. The second-order valence-electron chi connectivity index (χ2n) is 5.17. The van der Waals surface area contributed by atoms with Crippen molar-refractivity contribution in [3.8, 4) is 0 Å². The van der Waals surface area contributed by atoms with Gasteiger partial charge in [-0.25, -0.2) is 4.98 Å². The molecule has 4 nitrogen and oxygen atoms in total. The van der Waals surface area contributed by atoms with E-state index in [2.05, 4.69) is 22.0 Å². The minimum absolute atomic E-state index is 0.0382. The highest BCUT2D eigenvalue weighted by atomic mass is 16.1. The summed E-state index contributed by atoms with van der Waals surface area (Å²) in [7, 11) is 2.03. The molecule has 3 aromatic rings. The molecule has 106 valence electrons. The summed E-state index contributed by atoms with van der Waals surface area (Å²) in [6.07, 6.45) is 1.74. The van der Waals surface area contributed by atoms with Gasteiger partial charge in [-0.05, 0) is 24.7 Å². The molecule has 0 N–H and O–H groups in total. The van der Waals surface area contributed by atoms with Crippen molar-refractivity contribution >= 4 is 5.65 Å². The van der Waals surface area contributed by atoms with Gasteiger partial charge in [-0.3, -0.25) is 14.1 Å². The normalized spacial score (nSPS) is 11.1. The first-order valence-electron chi connectivity index (χ1n) is 6.92. The number of rotatable bonds is 4. The van der Waals surface area contributed by atoms with Gasteiger partial charge in [-0.2, -0.15) is 0 Å². The van der Waals surface area contributed by atoms with Gasteiger partial charge in [0, 0.05) is 25.4 Å². The maximum Gasteiger partial charge on any atom is 0.258 e. The maximum absolute atomic E-state index is 12.0. The molecule has 0 spiro atoms. The molecule has 1 aromatic carbocycles. The van der Waals surface area contributed by atoms with Gasteiger partial charge in [-0.1, -0.05) is 36.4 Å². The lowest BCUT2D eigenvalue weighted by molar-refractivity contribution is 0.315. The summed E-state index contributed by atoms with van der Waals surface area (Å²) in [5.41, 5.74) is 2.69. The Morgan fingerprint density at radius 2 is 1.81 bits per heavy atom. The number of hydrogen-bond donors (Lipinski definition) is 0. The van der Waals surface area contributed by atoms with Crippen LogP contribution < -0.4 is 5.56 Å². The van der Waals surface area contributed by atoms with Crippen molar-refractivity contribution in [3.63, 3.8) is 0 Å². The van der Waals surface area contributed by atoms with E-state index in [1.807, 2.05) is 43.4 Å². The van der Waals surface area contributed by atoms with Crippen molar-refractivity contribution in [1.82, 2.24) is 14.3 Å². The molecule has 0 aliphatic rings. The van der Waals surface area contributed by atoms with Crippen LogP contribution in [0.15, 0.2) is 65.6 Å². The molecule has 0 aliphatic heterocycles. The summed E-state index contributed by atoms with van der Waals surface area (Å²) in [4.78, 5) is 18.7. The highest BCUT2D eigenvalue weighted by Gasteiger charge is 2.06. The van der Waals surface area contributed by atoms with Gasteiger partial charge in [0.25, 0.3) is 5.56 Å². The molecule has 3 rings (SSSR count). The Morgan fingerprint density at radius 3 is 2.62 bits per heavy atom. The lowest BCUT2D eigenvalue weighted by Crippen LogP contribution is -2.21. The van der Waals surface area contributed by atoms with E-state index < -0.39 is 0 Å². The van der Waals surface area contributed by atoms with Crippen LogP contribution in [0.2, 0.25) is 0 Å². The van der Waals surface area contributed by atoms with Crippen LogP contribution in [0.1, 0.15) is 11.3 Å². The van der Waals surface area contributed by atoms with Gasteiger partial charge in [0.1, 0.15) is 5.65 Å². The largest absolute Gasteiger partial charge is 0.296 e. The monoisotopic (exact) mass is 279 g/mol. The summed E-state index contributed by atoms with van der Waals surface area (Å²) in [6.45, 7) is 1.48. The third-order valence-corrected chi connectivity index (χ3v) is 3.35. The molecule has 0 bridgehead atoms. The van der Waals surface area contributed by atoms with Crippen LogP contribution >= 0.6 is 0 Å². The van der Waals surface area contributed by atoms with Crippen molar-refractivity contribution in [1.29, 1.82) is 0 Å². The predicted molar refractivity (Wildman–Crippen MR) is 83.1 cm³/mol. The first kappa shape index (κ1) is 13.5. The van der Waals surface area contributed by atoms with Crippen LogP contribution in [-0.4, -0.2) is 21.3 Å². The van der Waals surface area contributed by atoms with Crippen molar-refractivity contribution in [2.75, 3.05) is 7.05 Å². The first-order valence-corrected chi connectivity index (χ1v) is 6.92. The van der Waals surface area contributed by atoms with E-state index in [1.165, 1.54) is 5.56 Å². The van der Waals surface area contributed by atoms with E-state index in [0.717, 1.165) is 12.2 Å². The molecular weight excluding hydrogens is 262 g/mol. The highest BCUT2D eigenvalue weighted by molar-refractivity contribution is 5.37. The summed E-state index contributed by atoms with van der Waals surface area (Å²) in [6, 6.07) is 17.4. The fourth-order valence-electron chi connectivity index (χ4n) is 2.41. The summed E-state index contributed by atoms with van der Waals surface area (Å²) in [5, 5.41) is 0. The predicted octanol–water partition coefficient (Wildman–Crippen LogP) is 2.33. The second-order valence-corrected chi connectivity index (χ2v) is 5.17. The maximum atomic E-state index is 12.0. The van der Waals surface area contributed by atoms with E-state index in [1.54, 1.807) is 16.7 Å². The summed E-state index contributed by atoms with van der Waals surface area (Å²) < 4.78 is 1.56. The molecule has 0 saturated carbocycles. The van der Waals surface area contributed by atoms with E-state index in [0.29, 0.717) is 12.2 Å². The summed E-state index contributed by atoms with van der Waals surface area (Å²) >= 11 is 0. The molecule has 0 fully saturated rings. The van der Waals surface area contributed by atoms with E-state index in [4.69, 9.17) is 0 Å². The zero-order valence-electron chi connectivity index (χ0n) is 11.9. The van der Waals surface area contributed by atoms with E-state index in [-0.39, 0.29) is 5.56 Å². The van der Waals surface area contributed by atoms with Crippen molar-refractivity contribution in [2.24, 2.45) is 0 Å². The zero-order valence-corrected chi connectivity index (χ0v) is 11.9. The number of fused-ring (bicyclic) bond motifs is 1. The van der Waals surface area contributed by atoms with Crippen LogP contribution in [0.3, 0.4) is 0 Å². The van der Waals surface area contributed by atoms with Crippen LogP contribution in [0.25, 0.3) is 5.65 Å². The molecular formula is C17H17N3O. The molecule has 0 amide bonds. The topological polar surface area (TPSA) is 37.6 Å². The molecule has 21 heavy (non-hydrogen) atoms. The molecule has 0 saturated heterocycles. The van der Waals surface area contributed by atoms with Gasteiger partial charge >= 0.3 is 0 Å². The fourth-order valence-corrected chi connectivity index (χ4v) is 2.41. The average molecular weight is 279 g/mol. The van der Waals surface area contributed by atoms with Crippen molar-refractivity contribution in [3.05, 3.63) is 82.4 Å². The number of benzene rings is 1. The molecule has 0 unspecified atom stereocenters. The number of pyridine rings is 1. The Balaban J connectivity index is 1.80. The van der Waals surface area contributed by atoms with Crippen LogP contribution in [0.5, 0.6) is 0 Å². The van der Waals surface area contributed by atoms with Gasteiger partial charge in [0.2, 0.25) is 0 Å². The summed E-state index contributed by atoms with van der Waals surface area (Å²) in [5.74, 6) is 0. The van der Waals surface area contributed by atoms with Crippen LogP contribution in [-0.2, 0) is 13.1 Å². The highest BCUT2D eigenvalue weighted by Crippen LogP contribution is 2.06. The van der Waals surface area contributed by atoms with Gasteiger partial charge in [-0.15, -0.1) is 0 Å². The third kappa shape index (κ3) is 3.17. The van der Waals surface area contributed by atoms with Gasteiger partial charge < -0.3 is 0 Å². The van der Waals surface area contributed by atoms with Crippen LogP contribution in [0, 0.1) is 0 Å². The van der Waals surface area contributed by atoms with Crippen molar-refractivity contribution < 1.29 is 0 Å². The Morgan fingerprint density at radius 1 is 1.05 bits per heavy atom. The zero-order chi connectivity index (χ0) is 14.7. The van der Waals surface area contributed by atoms with Crippen molar-refractivity contribution in [2.45, 2.75) is 13.1 Å². The fraction of sp³-hybridized carbons (Fsp3) is 0.176. The Kier molecular flexibility index (Phi) is 3.79. The smallest absolute Gasteiger partial charge is 0.258 e. The molecule has 0 radical (unpaired) electrons. The minimum Gasteiger partial charge on any atom is -0.296 e. The molecule has 2 aromatic heterocycles. The SMILES string of the molecule is CN(Cc1ccccc1)Cc1cc(=O)n2ccccc2n1. The molecule has 2 heterocycles. The molecule has 0 aliphatic carbocycles. The third-order valence-electron chi connectivity index (χ3n) is 3.35. The Labute approximate surface area is 123 Å². The lowest BCUT2D eigenvalue weighted by Gasteiger charge is -2.16. The number of hydrogen-bond acceptors (Lipinski definition) is 3. The first-order chi connectivity index (χ1) is 10.2.